The van der Waals surface area contributed by atoms with Gasteiger partial charge in [0, 0.05) is 41.2 Å². The minimum absolute atomic E-state index is 0.0548. The quantitative estimate of drug-likeness (QED) is 0.334. The van der Waals surface area contributed by atoms with Gasteiger partial charge in [0.25, 0.3) is 0 Å². The predicted octanol–water partition coefficient (Wildman–Crippen LogP) is 6.22. The number of pyridine rings is 1. The molecule has 2 amide bonds. The fourth-order valence-corrected chi connectivity index (χ4v) is 4.22. The van der Waals surface area contributed by atoms with E-state index in [4.69, 9.17) is 4.98 Å². The average molecular weight is 463 g/mol. The Labute approximate surface area is 204 Å². The van der Waals surface area contributed by atoms with E-state index in [1.54, 1.807) is 36.4 Å². The fraction of sp³-hybridized carbons (Fsp3) is 0.138. The molecule has 1 aliphatic heterocycles. The van der Waals surface area contributed by atoms with Gasteiger partial charge >= 0.3 is 6.03 Å². The third kappa shape index (κ3) is 5.38. The molecule has 5 rings (SSSR count). The van der Waals surface area contributed by atoms with Crippen molar-refractivity contribution in [3.63, 3.8) is 0 Å². The third-order valence-corrected chi connectivity index (χ3v) is 6.02. The van der Waals surface area contributed by atoms with Crippen LogP contribution in [-0.2, 0) is 0 Å². The summed E-state index contributed by atoms with van der Waals surface area (Å²) < 4.78 is 0. The largest absolute Gasteiger partial charge is 0.357 e. The second kappa shape index (κ2) is 10.2. The van der Waals surface area contributed by atoms with E-state index in [0.717, 1.165) is 30.2 Å². The molecule has 4 aromatic rings. The summed E-state index contributed by atoms with van der Waals surface area (Å²) in [7, 11) is 0. The molecule has 174 valence electrons. The number of carbonyl (C=O) groups excluding carboxylic acids is 2. The Hall–Kier alpha value is -4.45. The molecule has 1 aliphatic rings. The highest BCUT2D eigenvalue weighted by molar-refractivity contribution is 6.09. The van der Waals surface area contributed by atoms with Crippen LogP contribution >= 0.6 is 0 Å². The first-order valence-electron chi connectivity index (χ1n) is 11.8. The standard InChI is InChI=1S/C29H26N4O2/c34-28(21-8-2-1-3-9-21)22-14-16-24(17-15-22)30-29(35)31-25-11-6-10-23(20-25)26-12-7-13-27(32-26)33-18-4-5-19-33/h1-3,6-17,20H,4-5,18-19H2,(H2,30,31,35). The van der Waals surface area contributed by atoms with Gasteiger partial charge in [0.05, 0.1) is 5.69 Å². The van der Waals surface area contributed by atoms with E-state index in [1.165, 1.54) is 12.8 Å². The number of aromatic nitrogens is 1. The van der Waals surface area contributed by atoms with Gasteiger partial charge in [-0.1, -0.05) is 48.5 Å². The number of anilines is 3. The summed E-state index contributed by atoms with van der Waals surface area (Å²) in [4.78, 5) is 32.3. The molecule has 0 spiro atoms. The Balaban J connectivity index is 1.23. The van der Waals surface area contributed by atoms with E-state index < -0.39 is 0 Å². The number of nitrogens with one attached hydrogen (secondary N) is 2. The fourth-order valence-electron chi connectivity index (χ4n) is 4.22. The minimum Gasteiger partial charge on any atom is -0.357 e. The van der Waals surface area contributed by atoms with E-state index in [-0.39, 0.29) is 11.8 Å². The number of nitrogens with zero attached hydrogens (tertiary/aromatic N) is 2. The molecule has 0 aliphatic carbocycles. The van der Waals surface area contributed by atoms with Crippen molar-refractivity contribution in [1.29, 1.82) is 0 Å². The van der Waals surface area contributed by atoms with Gasteiger partial charge in [-0.2, -0.15) is 0 Å². The van der Waals surface area contributed by atoms with Crippen LogP contribution in [0.25, 0.3) is 11.3 Å². The Morgan fingerprint density at radius 2 is 1.37 bits per heavy atom. The highest BCUT2D eigenvalue weighted by atomic mass is 16.2. The van der Waals surface area contributed by atoms with Gasteiger partial charge in [-0.3, -0.25) is 4.79 Å². The van der Waals surface area contributed by atoms with Crippen molar-refractivity contribution >= 4 is 29.0 Å². The van der Waals surface area contributed by atoms with Crippen LogP contribution < -0.4 is 15.5 Å². The number of urea groups is 1. The van der Waals surface area contributed by atoms with Gasteiger partial charge in [0.15, 0.2) is 5.78 Å². The summed E-state index contributed by atoms with van der Waals surface area (Å²) in [5, 5.41) is 5.70. The zero-order valence-corrected chi connectivity index (χ0v) is 19.3. The van der Waals surface area contributed by atoms with Crippen molar-refractivity contribution < 1.29 is 9.59 Å². The Kier molecular flexibility index (Phi) is 6.52. The Morgan fingerprint density at radius 1 is 0.686 bits per heavy atom. The molecular formula is C29H26N4O2. The molecule has 6 heteroatoms. The molecule has 1 aromatic heterocycles. The topological polar surface area (TPSA) is 74.3 Å². The normalized spacial score (nSPS) is 12.9. The highest BCUT2D eigenvalue weighted by Gasteiger charge is 2.14. The van der Waals surface area contributed by atoms with E-state index >= 15 is 0 Å². The van der Waals surface area contributed by atoms with E-state index in [9.17, 15) is 9.59 Å². The molecule has 1 fully saturated rings. The van der Waals surface area contributed by atoms with Crippen LogP contribution in [0, 0.1) is 0 Å². The molecule has 6 nitrogen and oxygen atoms in total. The summed E-state index contributed by atoms with van der Waals surface area (Å²) in [5.41, 5.74) is 4.28. The average Bonchev–Trinajstić information content (AvgIpc) is 3.45. The van der Waals surface area contributed by atoms with Crippen LogP contribution in [0.2, 0.25) is 0 Å². The number of benzene rings is 3. The van der Waals surface area contributed by atoms with Crippen LogP contribution in [0.4, 0.5) is 22.0 Å². The smallest absolute Gasteiger partial charge is 0.323 e. The lowest BCUT2D eigenvalue weighted by molar-refractivity contribution is 0.103. The zero-order chi connectivity index (χ0) is 24.0. The van der Waals surface area contributed by atoms with Gasteiger partial charge in [-0.05, 0) is 61.4 Å². The van der Waals surface area contributed by atoms with Crippen LogP contribution in [0.5, 0.6) is 0 Å². The first kappa shape index (κ1) is 22.3. The van der Waals surface area contributed by atoms with Gasteiger partial charge in [0.1, 0.15) is 5.82 Å². The maximum Gasteiger partial charge on any atom is 0.323 e. The van der Waals surface area contributed by atoms with E-state index in [0.29, 0.717) is 22.5 Å². The summed E-state index contributed by atoms with van der Waals surface area (Å²) in [5.74, 6) is 0.936. The van der Waals surface area contributed by atoms with Gasteiger partial charge < -0.3 is 15.5 Å². The van der Waals surface area contributed by atoms with Gasteiger partial charge in [-0.25, -0.2) is 9.78 Å². The minimum atomic E-state index is -0.358. The lowest BCUT2D eigenvalue weighted by Crippen LogP contribution is -2.19. The number of hydrogen-bond acceptors (Lipinski definition) is 4. The van der Waals surface area contributed by atoms with Crippen LogP contribution in [0.1, 0.15) is 28.8 Å². The zero-order valence-electron chi connectivity index (χ0n) is 19.3. The number of ketones is 1. The van der Waals surface area contributed by atoms with Gasteiger partial charge in [-0.15, -0.1) is 0 Å². The molecule has 3 aromatic carbocycles. The Bertz CT molecular complexity index is 1330. The van der Waals surface area contributed by atoms with Crippen molar-refractivity contribution in [2.24, 2.45) is 0 Å². The van der Waals surface area contributed by atoms with Crippen LogP contribution in [0.15, 0.2) is 97.1 Å². The second-order valence-corrected chi connectivity index (χ2v) is 8.51. The van der Waals surface area contributed by atoms with E-state index in [1.807, 2.05) is 60.7 Å². The van der Waals surface area contributed by atoms with Crippen molar-refractivity contribution in [3.05, 3.63) is 108 Å². The molecule has 0 radical (unpaired) electrons. The monoisotopic (exact) mass is 462 g/mol. The molecule has 2 N–H and O–H groups in total. The Morgan fingerprint density at radius 3 is 2.14 bits per heavy atom. The SMILES string of the molecule is O=C(Nc1ccc(C(=O)c2ccccc2)cc1)Nc1cccc(-c2cccc(N3CCCC3)n2)c1. The lowest BCUT2D eigenvalue weighted by Gasteiger charge is -2.17. The third-order valence-electron chi connectivity index (χ3n) is 6.02. The molecule has 0 unspecified atom stereocenters. The molecule has 0 atom stereocenters. The van der Waals surface area contributed by atoms with E-state index in [2.05, 4.69) is 15.5 Å². The van der Waals surface area contributed by atoms with Crippen LogP contribution in [-0.4, -0.2) is 29.9 Å². The summed E-state index contributed by atoms with van der Waals surface area (Å²) in [6.45, 7) is 2.08. The predicted molar refractivity (Wildman–Crippen MR) is 140 cm³/mol. The molecule has 0 bridgehead atoms. The number of hydrogen-bond donors (Lipinski definition) is 2. The van der Waals surface area contributed by atoms with Crippen molar-refractivity contribution in [2.75, 3.05) is 28.6 Å². The van der Waals surface area contributed by atoms with Crippen LogP contribution in [0.3, 0.4) is 0 Å². The highest BCUT2D eigenvalue weighted by Crippen LogP contribution is 2.25. The summed E-state index contributed by atoms with van der Waals surface area (Å²) in [6.07, 6.45) is 2.40. The van der Waals surface area contributed by atoms with Crippen molar-refractivity contribution in [1.82, 2.24) is 4.98 Å². The summed E-state index contributed by atoms with van der Waals surface area (Å²) >= 11 is 0. The molecule has 0 saturated carbocycles. The van der Waals surface area contributed by atoms with Crippen molar-refractivity contribution in [3.8, 4) is 11.3 Å². The first-order chi connectivity index (χ1) is 17.2. The maximum absolute atomic E-state index is 12.6. The number of carbonyl (C=O) groups is 2. The number of rotatable bonds is 6. The number of amides is 2. The summed E-state index contributed by atoms with van der Waals surface area (Å²) in [6, 6.07) is 29.3. The molecule has 35 heavy (non-hydrogen) atoms. The van der Waals surface area contributed by atoms with Gasteiger partial charge in [0.2, 0.25) is 0 Å². The molecule has 2 heterocycles. The lowest BCUT2D eigenvalue weighted by atomic mass is 10.0. The molecule has 1 saturated heterocycles. The molecular weight excluding hydrogens is 436 g/mol. The second-order valence-electron chi connectivity index (χ2n) is 8.51. The first-order valence-corrected chi connectivity index (χ1v) is 11.8. The maximum atomic E-state index is 12.6. The van der Waals surface area contributed by atoms with Crippen molar-refractivity contribution in [2.45, 2.75) is 12.8 Å².